The monoisotopic (exact) mass is 543 g/mol. The van der Waals surface area contributed by atoms with E-state index in [1.54, 1.807) is 24.5 Å². The van der Waals surface area contributed by atoms with Gasteiger partial charge in [0.25, 0.3) is 0 Å². The van der Waals surface area contributed by atoms with Crippen molar-refractivity contribution in [3.63, 3.8) is 0 Å². The van der Waals surface area contributed by atoms with Crippen molar-refractivity contribution in [1.82, 2.24) is 20.3 Å². The van der Waals surface area contributed by atoms with Gasteiger partial charge in [0, 0.05) is 30.3 Å². The Hall–Kier alpha value is -3.53. The van der Waals surface area contributed by atoms with Crippen LogP contribution in [0.25, 0.3) is 0 Å². The van der Waals surface area contributed by atoms with Gasteiger partial charge in [0.2, 0.25) is 5.91 Å². The Morgan fingerprint density at radius 3 is 2.37 bits per heavy atom. The van der Waals surface area contributed by atoms with Gasteiger partial charge in [0.1, 0.15) is 5.82 Å². The predicted octanol–water partition coefficient (Wildman–Crippen LogP) is 5.91. The summed E-state index contributed by atoms with van der Waals surface area (Å²) >= 11 is 5.73. The van der Waals surface area contributed by atoms with Crippen molar-refractivity contribution < 1.29 is 22.8 Å². The number of carbonyl (C=O) groups is 2. The number of benzene rings is 1. The Labute approximate surface area is 222 Å². The van der Waals surface area contributed by atoms with E-state index in [0.29, 0.717) is 35.7 Å². The Balaban J connectivity index is 1.15. The van der Waals surface area contributed by atoms with Crippen LogP contribution in [0.1, 0.15) is 59.5 Å². The number of nitrogens with one attached hydrogen (secondary N) is 2. The highest BCUT2D eigenvalue weighted by atomic mass is 35.5. The molecule has 3 aromatic rings. The van der Waals surface area contributed by atoms with Crippen LogP contribution in [0, 0.1) is 11.3 Å². The zero-order chi connectivity index (χ0) is 26.9. The molecule has 0 radical (unpaired) electrons. The molecule has 5 rings (SSSR count). The minimum Gasteiger partial charge on any atom is -0.354 e. The summed E-state index contributed by atoms with van der Waals surface area (Å²) in [6, 6.07) is 6.66. The molecule has 1 aromatic carbocycles. The topological polar surface area (TPSA) is 96.9 Å². The highest BCUT2D eigenvalue weighted by molar-refractivity contribution is 6.30. The van der Waals surface area contributed by atoms with Crippen LogP contribution in [0.5, 0.6) is 0 Å². The number of pyridine rings is 1. The molecular formula is C27H25ClF3N5O2. The van der Waals surface area contributed by atoms with Gasteiger partial charge in [-0.05, 0) is 61.9 Å². The summed E-state index contributed by atoms with van der Waals surface area (Å²) in [6.07, 6.45) is 4.45. The van der Waals surface area contributed by atoms with E-state index in [4.69, 9.17) is 11.6 Å². The first-order chi connectivity index (χ1) is 18.1. The average molecular weight is 544 g/mol. The molecule has 2 N–H and O–H groups in total. The molecule has 2 fully saturated rings. The molecule has 0 atom stereocenters. The molecule has 1 amide bonds. The lowest BCUT2D eigenvalue weighted by atomic mass is 9.95. The minimum absolute atomic E-state index is 0.0164. The van der Waals surface area contributed by atoms with Crippen LogP contribution in [0.3, 0.4) is 0 Å². The van der Waals surface area contributed by atoms with E-state index in [2.05, 4.69) is 25.6 Å². The molecule has 0 unspecified atom stereocenters. The lowest BCUT2D eigenvalue weighted by Gasteiger charge is -2.16. The summed E-state index contributed by atoms with van der Waals surface area (Å²) in [5.74, 6) is 1.01. The molecular weight excluding hydrogens is 519 g/mol. The van der Waals surface area contributed by atoms with Crippen molar-refractivity contribution in [1.29, 1.82) is 0 Å². The molecule has 2 aromatic heterocycles. The molecule has 2 saturated carbocycles. The largest absolute Gasteiger partial charge is 0.418 e. The quantitative estimate of drug-likeness (QED) is 0.309. The van der Waals surface area contributed by atoms with Crippen molar-refractivity contribution in [3.8, 4) is 0 Å². The lowest BCUT2D eigenvalue weighted by molar-refractivity contribution is -0.137. The second kappa shape index (κ2) is 10.3. The normalized spacial score (nSPS) is 16.1. The molecule has 2 aliphatic carbocycles. The fourth-order valence-corrected chi connectivity index (χ4v) is 4.38. The van der Waals surface area contributed by atoms with Crippen molar-refractivity contribution in [2.24, 2.45) is 11.3 Å². The molecule has 38 heavy (non-hydrogen) atoms. The SMILES string of the molecule is O=C(CC1(C(=O)NCc2ccc(Nc3ccc(Cl)cc3C(F)(F)F)cn2)CC1)c1cnc(CC2CC2)nc1. The van der Waals surface area contributed by atoms with Gasteiger partial charge in [0.05, 0.1) is 46.4 Å². The van der Waals surface area contributed by atoms with Crippen LogP contribution in [0.15, 0.2) is 48.9 Å². The zero-order valence-electron chi connectivity index (χ0n) is 20.3. The first-order valence-corrected chi connectivity index (χ1v) is 12.7. The van der Waals surface area contributed by atoms with E-state index in [0.717, 1.165) is 18.3 Å². The highest BCUT2D eigenvalue weighted by Crippen LogP contribution is 2.49. The molecule has 198 valence electrons. The van der Waals surface area contributed by atoms with E-state index in [1.807, 2.05) is 0 Å². The lowest BCUT2D eigenvalue weighted by Crippen LogP contribution is -2.33. The summed E-state index contributed by atoms with van der Waals surface area (Å²) < 4.78 is 40.0. The number of nitrogens with zero attached hydrogens (tertiary/aromatic N) is 3. The standard InChI is InChI=1S/C27H25ClF3N5O2/c28-18-3-6-22(21(10-18)27(29,30)31)36-20-5-4-19(32-15-20)14-35-25(38)26(7-8-26)11-23(37)17-12-33-24(34-13-17)9-16-1-2-16/h3-6,10,12-13,15-16,36H,1-2,7-9,11,14H2,(H,35,38). The van der Waals surface area contributed by atoms with Crippen LogP contribution in [-0.4, -0.2) is 26.6 Å². The molecule has 11 heteroatoms. The Bertz CT molecular complexity index is 1340. The molecule has 2 aliphatic rings. The van der Waals surface area contributed by atoms with Crippen LogP contribution in [0.2, 0.25) is 5.02 Å². The number of carbonyl (C=O) groups excluding carboxylic acids is 2. The fourth-order valence-electron chi connectivity index (χ4n) is 4.21. The van der Waals surface area contributed by atoms with Crippen molar-refractivity contribution in [3.05, 3.63) is 76.6 Å². The molecule has 2 heterocycles. The Morgan fingerprint density at radius 2 is 1.76 bits per heavy atom. The van der Waals surface area contributed by atoms with E-state index in [-0.39, 0.29) is 35.4 Å². The van der Waals surface area contributed by atoms with Gasteiger partial charge in [-0.3, -0.25) is 14.6 Å². The van der Waals surface area contributed by atoms with Crippen molar-refractivity contribution in [2.45, 2.75) is 51.2 Å². The summed E-state index contributed by atoms with van der Waals surface area (Å²) in [4.78, 5) is 38.5. The maximum atomic E-state index is 13.3. The second-order valence-electron chi connectivity index (χ2n) is 9.95. The number of Topliss-reactive ketones (excluding diaryl/α,β-unsaturated/α-hetero) is 1. The molecule has 7 nitrogen and oxygen atoms in total. The summed E-state index contributed by atoms with van der Waals surface area (Å²) in [6.45, 7) is 0.128. The van der Waals surface area contributed by atoms with Crippen LogP contribution < -0.4 is 10.6 Å². The smallest absolute Gasteiger partial charge is 0.354 e. The number of amides is 1. The van der Waals surface area contributed by atoms with Gasteiger partial charge in [-0.1, -0.05) is 11.6 Å². The summed E-state index contributed by atoms with van der Waals surface area (Å²) in [5.41, 5.74) is -0.490. The molecule has 0 saturated heterocycles. The number of halogens is 4. The Kier molecular flexibility index (Phi) is 7.09. The number of ketones is 1. The fraction of sp³-hybridized carbons (Fsp3) is 0.370. The first kappa shape index (κ1) is 26.1. The van der Waals surface area contributed by atoms with Crippen LogP contribution in [-0.2, 0) is 23.9 Å². The van der Waals surface area contributed by atoms with Crippen LogP contribution in [0.4, 0.5) is 24.5 Å². The number of hydrogen-bond donors (Lipinski definition) is 2. The number of hydrogen-bond acceptors (Lipinski definition) is 6. The third-order valence-electron chi connectivity index (χ3n) is 6.85. The maximum absolute atomic E-state index is 13.3. The maximum Gasteiger partial charge on any atom is 0.418 e. The van der Waals surface area contributed by atoms with Gasteiger partial charge in [0.15, 0.2) is 5.78 Å². The first-order valence-electron chi connectivity index (χ1n) is 12.3. The molecule has 0 aliphatic heterocycles. The third-order valence-corrected chi connectivity index (χ3v) is 7.09. The number of rotatable bonds is 10. The van der Waals surface area contributed by atoms with Gasteiger partial charge < -0.3 is 10.6 Å². The molecule has 0 spiro atoms. The van der Waals surface area contributed by atoms with Crippen LogP contribution >= 0.6 is 11.6 Å². The van der Waals surface area contributed by atoms with E-state index >= 15 is 0 Å². The van der Waals surface area contributed by atoms with Gasteiger partial charge in [-0.2, -0.15) is 13.2 Å². The number of alkyl halides is 3. The zero-order valence-corrected chi connectivity index (χ0v) is 21.1. The highest BCUT2D eigenvalue weighted by Gasteiger charge is 2.51. The average Bonchev–Trinajstić information content (AvgIpc) is 3.82. The Morgan fingerprint density at radius 1 is 1.03 bits per heavy atom. The molecule has 0 bridgehead atoms. The third kappa shape index (κ3) is 6.30. The van der Waals surface area contributed by atoms with Gasteiger partial charge >= 0.3 is 6.18 Å². The minimum atomic E-state index is -4.57. The second-order valence-corrected chi connectivity index (χ2v) is 10.4. The van der Waals surface area contributed by atoms with E-state index < -0.39 is 17.2 Å². The van der Waals surface area contributed by atoms with Crippen molar-refractivity contribution in [2.75, 3.05) is 5.32 Å². The summed E-state index contributed by atoms with van der Waals surface area (Å²) in [5, 5.41) is 5.52. The van der Waals surface area contributed by atoms with Gasteiger partial charge in [-0.25, -0.2) is 9.97 Å². The predicted molar refractivity (Wildman–Crippen MR) is 135 cm³/mol. The van der Waals surface area contributed by atoms with E-state index in [9.17, 15) is 22.8 Å². The van der Waals surface area contributed by atoms with Gasteiger partial charge in [-0.15, -0.1) is 0 Å². The summed E-state index contributed by atoms with van der Waals surface area (Å²) in [7, 11) is 0. The van der Waals surface area contributed by atoms with E-state index in [1.165, 1.54) is 31.2 Å². The van der Waals surface area contributed by atoms with Crippen molar-refractivity contribution >= 4 is 34.7 Å². The number of aromatic nitrogens is 3. The number of anilines is 2.